The lowest BCUT2D eigenvalue weighted by Gasteiger charge is -2.40. The van der Waals surface area contributed by atoms with E-state index < -0.39 is 0 Å². The molecular formula is C26H33N3O3S. The molecule has 2 aliphatic rings. The predicted octanol–water partition coefficient (Wildman–Crippen LogP) is 4.76. The number of nitriles is 1. The lowest BCUT2D eigenvalue weighted by atomic mass is 9.89. The number of thioether (sulfide) groups is 1. The van der Waals surface area contributed by atoms with Crippen molar-refractivity contribution in [2.24, 2.45) is 0 Å². The first-order valence-corrected chi connectivity index (χ1v) is 12.5. The third-order valence-corrected chi connectivity index (χ3v) is 7.14. The number of aryl methyl sites for hydroxylation is 1. The maximum Gasteiger partial charge on any atom is 0.135 e. The zero-order chi connectivity index (χ0) is 23.6. The van der Waals surface area contributed by atoms with Crippen LogP contribution in [0.2, 0.25) is 0 Å². The lowest BCUT2D eigenvalue weighted by molar-refractivity contribution is -0.0407. The highest BCUT2D eigenvalue weighted by Crippen LogP contribution is 2.39. The molecule has 0 N–H and O–H groups in total. The van der Waals surface area contributed by atoms with Crippen LogP contribution in [0.15, 0.2) is 29.3 Å². The van der Waals surface area contributed by atoms with Crippen molar-refractivity contribution in [3.8, 4) is 11.8 Å². The number of ether oxygens (including phenoxy) is 3. The summed E-state index contributed by atoms with van der Waals surface area (Å²) in [6, 6.07) is 10.6. The second kappa shape index (κ2) is 9.92. The third-order valence-electron chi connectivity index (χ3n) is 6.16. The Balaban J connectivity index is 1.66. The van der Waals surface area contributed by atoms with Gasteiger partial charge in [0.25, 0.3) is 0 Å². The van der Waals surface area contributed by atoms with Gasteiger partial charge in [-0.25, -0.2) is 4.98 Å². The van der Waals surface area contributed by atoms with E-state index in [2.05, 4.69) is 50.8 Å². The molecule has 2 aromatic rings. The Morgan fingerprint density at radius 1 is 1.24 bits per heavy atom. The minimum absolute atomic E-state index is 0.131. The smallest absolute Gasteiger partial charge is 0.135 e. The number of nitrogens with zero attached hydrogens (tertiary/aromatic N) is 3. The molecule has 1 saturated heterocycles. The summed E-state index contributed by atoms with van der Waals surface area (Å²) in [6.45, 7) is 10.4. The van der Waals surface area contributed by atoms with Gasteiger partial charge in [0.05, 0.1) is 37.1 Å². The maximum atomic E-state index is 10.1. The number of pyridine rings is 1. The largest absolute Gasteiger partial charge is 0.497 e. The number of methoxy groups -OCH3 is 1. The van der Waals surface area contributed by atoms with Crippen LogP contribution in [0.1, 0.15) is 49.9 Å². The average Bonchev–Trinajstić information content (AvgIpc) is 2.77. The summed E-state index contributed by atoms with van der Waals surface area (Å²) in [4.78, 5) is 7.38. The molecule has 0 spiro atoms. The van der Waals surface area contributed by atoms with Crippen LogP contribution in [-0.4, -0.2) is 48.7 Å². The number of anilines is 1. The molecule has 0 saturated carbocycles. The van der Waals surface area contributed by atoms with Crippen molar-refractivity contribution in [3.05, 3.63) is 46.5 Å². The molecule has 0 aliphatic carbocycles. The van der Waals surface area contributed by atoms with E-state index in [4.69, 9.17) is 19.2 Å². The zero-order valence-corrected chi connectivity index (χ0v) is 21.0. The van der Waals surface area contributed by atoms with Gasteiger partial charge in [-0.15, -0.1) is 11.8 Å². The van der Waals surface area contributed by atoms with Gasteiger partial charge in [0.1, 0.15) is 22.7 Å². The molecule has 6 nitrogen and oxygen atoms in total. The fourth-order valence-corrected chi connectivity index (χ4v) is 5.65. The van der Waals surface area contributed by atoms with Gasteiger partial charge in [-0.1, -0.05) is 12.1 Å². The van der Waals surface area contributed by atoms with Gasteiger partial charge in [-0.2, -0.15) is 5.26 Å². The number of rotatable bonds is 6. The predicted molar refractivity (Wildman–Crippen MR) is 131 cm³/mol. The van der Waals surface area contributed by atoms with Gasteiger partial charge < -0.3 is 19.1 Å². The minimum Gasteiger partial charge on any atom is -0.497 e. The molecule has 0 amide bonds. The Bertz CT molecular complexity index is 1040. The fourth-order valence-electron chi connectivity index (χ4n) is 4.65. The molecule has 0 bridgehead atoms. The molecule has 2 unspecified atom stereocenters. The van der Waals surface area contributed by atoms with Crippen molar-refractivity contribution in [1.29, 1.82) is 5.26 Å². The van der Waals surface area contributed by atoms with E-state index in [9.17, 15) is 5.26 Å². The summed E-state index contributed by atoms with van der Waals surface area (Å²) in [6.07, 6.45) is 1.85. The summed E-state index contributed by atoms with van der Waals surface area (Å²) in [7, 11) is 1.68. The highest BCUT2D eigenvalue weighted by atomic mass is 32.2. The molecule has 2 atom stereocenters. The van der Waals surface area contributed by atoms with Crippen LogP contribution in [0.4, 0.5) is 5.82 Å². The SMILES string of the molecule is COc1cccc(CCSc2nc(N3CC(C)OC(C)C3)c3c(c2C#N)CC(C)(C)OC3)c1. The first-order chi connectivity index (χ1) is 15.8. The maximum absolute atomic E-state index is 10.1. The van der Waals surface area contributed by atoms with Crippen LogP contribution >= 0.6 is 11.8 Å². The van der Waals surface area contributed by atoms with Crippen LogP contribution in [0.3, 0.4) is 0 Å². The van der Waals surface area contributed by atoms with E-state index in [-0.39, 0.29) is 17.8 Å². The lowest BCUT2D eigenvalue weighted by Crippen LogP contribution is -2.47. The Kier molecular flexibility index (Phi) is 7.18. The first-order valence-electron chi connectivity index (χ1n) is 11.6. The highest BCUT2D eigenvalue weighted by molar-refractivity contribution is 7.99. The van der Waals surface area contributed by atoms with E-state index in [0.717, 1.165) is 53.0 Å². The van der Waals surface area contributed by atoms with Crippen LogP contribution in [0.5, 0.6) is 5.75 Å². The molecule has 1 aromatic carbocycles. The standard InChI is InChI=1S/C26H33N3O3S/c1-17-14-29(15-18(2)32-17)24-23-16-31-26(3,4)12-21(23)22(13-27)25(28-24)33-10-9-19-7-6-8-20(11-19)30-5/h6-8,11,17-18H,9-10,12,14-16H2,1-5H3. The number of hydrogen-bond donors (Lipinski definition) is 0. The van der Waals surface area contributed by atoms with Crippen molar-refractivity contribution in [1.82, 2.24) is 4.98 Å². The van der Waals surface area contributed by atoms with Crippen LogP contribution < -0.4 is 9.64 Å². The average molecular weight is 468 g/mol. The van der Waals surface area contributed by atoms with E-state index in [1.54, 1.807) is 18.9 Å². The molecule has 7 heteroatoms. The highest BCUT2D eigenvalue weighted by Gasteiger charge is 2.34. The van der Waals surface area contributed by atoms with Crippen LogP contribution in [0.25, 0.3) is 0 Å². The molecule has 2 aliphatic heterocycles. The number of morpholine rings is 1. The molecule has 0 radical (unpaired) electrons. The fraction of sp³-hybridized carbons (Fsp3) is 0.538. The van der Waals surface area contributed by atoms with Crippen molar-refractivity contribution in [2.45, 2.75) is 70.0 Å². The topological polar surface area (TPSA) is 67.6 Å². The quantitative estimate of drug-likeness (QED) is 0.567. The summed E-state index contributed by atoms with van der Waals surface area (Å²) < 4.78 is 17.5. The molecule has 1 aromatic heterocycles. The van der Waals surface area contributed by atoms with Crippen molar-refractivity contribution in [2.75, 3.05) is 30.9 Å². The minimum atomic E-state index is -0.300. The third kappa shape index (κ3) is 5.46. The van der Waals surface area contributed by atoms with E-state index in [1.165, 1.54) is 5.56 Å². The number of benzene rings is 1. The van der Waals surface area contributed by atoms with Crippen molar-refractivity contribution >= 4 is 17.6 Å². The summed E-state index contributed by atoms with van der Waals surface area (Å²) in [5.41, 5.74) is 3.77. The normalized spacial score (nSPS) is 21.9. The summed E-state index contributed by atoms with van der Waals surface area (Å²) in [5, 5.41) is 10.9. The van der Waals surface area contributed by atoms with E-state index in [1.807, 2.05) is 12.1 Å². The molecular weight excluding hydrogens is 434 g/mol. The monoisotopic (exact) mass is 467 g/mol. The second-order valence-electron chi connectivity index (χ2n) is 9.52. The summed E-state index contributed by atoms with van der Waals surface area (Å²) in [5.74, 6) is 2.65. The van der Waals surface area contributed by atoms with E-state index >= 15 is 0 Å². The van der Waals surface area contributed by atoms with Gasteiger partial charge in [0.2, 0.25) is 0 Å². The molecule has 4 rings (SSSR count). The number of hydrogen-bond acceptors (Lipinski definition) is 7. The Labute approximate surface area is 201 Å². The number of fused-ring (bicyclic) bond motifs is 1. The van der Waals surface area contributed by atoms with Crippen LogP contribution in [-0.2, 0) is 28.9 Å². The van der Waals surface area contributed by atoms with Crippen LogP contribution in [0, 0.1) is 11.3 Å². The Morgan fingerprint density at radius 3 is 2.70 bits per heavy atom. The number of aromatic nitrogens is 1. The van der Waals surface area contributed by atoms with Gasteiger partial charge in [-0.3, -0.25) is 0 Å². The van der Waals surface area contributed by atoms with Crippen molar-refractivity contribution < 1.29 is 14.2 Å². The molecule has 33 heavy (non-hydrogen) atoms. The second-order valence-corrected chi connectivity index (χ2v) is 10.6. The Hall–Kier alpha value is -2.27. The van der Waals surface area contributed by atoms with Gasteiger partial charge in [0, 0.05) is 30.8 Å². The van der Waals surface area contributed by atoms with Gasteiger partial charge in [0.15, 0.2) is 0 Å². The summed E-state index contributed by atoms with van der Waals surface area (Å²) >= 11 is 1.66. The molecule has 3 heterocycles. The molecule has 1 fully saturated rings. The molecule has 176 valence electrons. The van der Waals surface area contributed by atoms with Gasteiger partial charge in [-0.05, 0) is 57.4 Å². The Morgan fingerprint density at radius 2 is 2.00 bits per heavy atom. The zero-order valence-electron chi connectivity index (χ0n) is 20.2. The van der Waals surface area contributed by atoms with Crippen molar-refractivity contribution in [3.63, 3.8) is 0 Å². The van der Waals surface area contributed by atoms with E-state index in [0.29, 0.717) is 18.6 Å². The first kappa shape index (κ1) is 23.9. The van der Waals surface area contributed by atoms with Gasteiger partial charge >= 0.3 is 0 Å².